The second kappa shape index (κ2) is 6.24. The van der Waals surface area contributed by atoms with Crippen molar-refractivity contribution in [2.75, 3.05) is 25.1 Å². The van der Waals surface area contributed by atoms with Crippen LogP contribution in [0.4, 0.5) is 17.1 Å². The summed E-state index contributed by atoms with van der Waals surface area (Å²) >= 11 is 12.0. The largest absolute Gasteiger partial charge is 0.399 e. The minimum atomic E-state index is -0.120. The molecule has 110 valence electrons. The van der Waals surface area contributed by atoms with E-state index in [1.165, 1.54) is 4.90 Å². The van der Waals surface area contributed by atoms with Crippen LogP contribution >= 0.6 is 23.2 Å². The molecule has 2 aromatic carbocycles. The van der Waals surface area contributed by atoms with E-state index in [9.17, 15) is 4.79 Å². The molecule has 0 atom stereocenters. The third kappa shape index (κ3) is 3.80. The number of nitrogen functional groups attached to an aromatic ring is 1. The number of anilines is 3. The number of hydrogen-bond donors (Lipinski definition) is 2. The van der Waals surface area contributed by atoms with Gasteiger partial charge in [0.25, 0.3) is 5.91 Å². The first-order chi connectivity index (χ1) is 9.86. The van der Waals surface area contributed by atoms with Crippen molar-refractivity contribution in [1.82, 2.24) is 4.90 Å². The minimum Gasteiger partial charge on any atom is -0.399 e. The summed E-state index contributed by atoms with van der Waals surface area (Å²) in [5.74, 6) is -0.120. The average Bonchev–Trinajstić information content (AvgIpc) is 2.36. The van der Waals surface area contributed by atoms with Gasteiger partial charge in [-0.05, 0) is 36.4 Å². The summed E-state index contributed by atoms with van der Waals surface area (Å²) < 4.78 is 0. The summed E-state index contributed by atoms with van der Waals surface area (Å²) in [4.78, 5) is 13.7. The zero-order valence-corrected chi connectivity index (χ0v) is 13.2. The molecule has 0 saturated carbocycles. The Morgan fingerprint density at radius 1 is 1.10 bits per heavy atom. The lowest BCUT2D eigenvalue weighted by atomic mass is 10.1. The Morgan fingerprint density at radius 3 is 2.29 bits per heavy atom. The molecule has 2 rings (SSSR count). The number of carbonyl (C=O) groups is 1. The molecular formula is C15H15Cl2N3O. The lowest BCUT2D eigenvalue weighted by molar-refractivity contribution is 0.0828. The molecule has 0 aliphatic carbocycles. The van der Waals surface area contributed by atoms with Gasteiger partial charge in [-0.3, -0.25) is 4.79 Å². The fourth-order valence-electron chi connectivity index (χ4n) is 1.87. The number of carbonyl (C=O) groups excluding carboxylic acids is 1. The summed E-state index contributed by atoms with van der Waals surface area (Å²) in [6.07, 6.45) is 0. The Labute approximate surface area is 133 Å². The summed E-state index contributed by atoms with van der Waals surface area (Å²) in [6.45, 7) is 0. The topological polar surface area (TPSA) is 58.4 Å². The third-order valence-electron chi connectivity index (χ3n) is 2.82. The van der Waals surface area contributed by atoms with Crippen LogP contribution in [0.25, 0.3) is 0 Å². The van der Waals surface area contributed by atoms with E-state index in [4.69, 9.17) is 28.9 Å². The van der Waals surface area contributed by atoms with Crippen LogP contribution in [-0.4, -0.2) is 24.9 Å². The molecule has 21 heavy (non-hydrogen) atoms. The van der Waals surface area contributed by atoms with Crippen molar-refractivity contribution in [2.24, 2.45) is 0 Å². The molecule has 0 aromatic heterocycles. The quantitative estimate of drug-likeness (QED) is 0.838. The average molecular weight is 324 g/mol. The first kappa shape index (κ1) is 15.5. The molecule has 0 radical (unpaired) electrons. The van der Waals surface area contributed by atoms with Gasteiger partial charge in [0.1, 0.15) is 0 Å². The molecule has 0 fully saturated rings. The van der Waals surface area contributed by atoms with Crippen LogP contribution in [0.1, 0.15) is 10.4 Å². The predicted molar refractivity (Wildman–Crippen MR) is 88.6 cm³/mol. The zero-order valence-electron chi connectivity index (χ0n) is 11.7. The molecule has 0 spiro atoms. The molecule has 4 nitrogen and oxygen atoms in total. The molecule has 2 aromatic rings. The molecule has 1 amide bonds. The lowest BCUT2D eigenvalue weighted by Crippen LogP contribution is -2.22. The minimum absolute atomic E-state index is 0.120. The van der Waals surface area contributed by atoms with Crippen molar-refractivity contribution in [3.05, 3.63) is 52.0 Å². The highest BCUT2D eigenvalue weighted by Gasteiger charge is 2.14. The van der Waals surface area contributed by atoms with Crippen LogP contribution in [0.5, 0.6) is 0 Å². The maximum absolute atomic E-state index is 12.2. The van der Waals surface area contributed by atoms with Crippen LogP contribution in [-0.2, 0) is 0 Å². The van der Waals surface area contributed by atoms with Crippen LogP contribution < -0.4 is 11.1 Å². The van der Waals surface area contributed by atoms with Crippen molar-refractivity contribution in [2.45, 2.75) is 0 Å². The number of nitrogens with one attached hydrogen (secondary N) is 1. The lowest BCUT2D eigenvalue weighted by Gasteiger charge is -2.16. The molecular weight excluding hydrogens is 309 g/mol. The normalized spacial score (nSPS) is 10.3. The van der Waals surface area contributed by atoms with Gasteiger partial charge in [0.15, 0.2) is 0 Å². The SMILES string of the molecule is CN(C)C(=O)c1ccc(N)cc1Nc1cc(Cl)cc(Cl)c1. The van der Waals surface area contributed by atoms with Gasteiger partial charge in [-0.1, -0.05) is 23.2 Å². The molecule has 6 heteroatoms. The van der Waals surface area contributed by atoms with Gasteiger partial charge in [0.05, 0.1) is 11.3 Å². The van der Waals surface area contributed by atoms with Gasteiger partial charge in [-0.2, -0.15) is 0 Å². The second-order valence-electron chi connectivity index (χ2n) is 4.79. The van der Waals surface area contributed by atoms with E-state index in [0.29, 0.717) is 32.7 Å². The van der Waals surface area contributed by atoms with Crippen molar-refractivity contribution in [1.29, 1.82) is 0 Å². The summed E-state index contributed by atoms with van der Waals surface area (Å²) in [5, 5.41) is 4.15. The Balaban J connectivity index is 2.43. The van der Waals surface area contributed by atoms with E-state index < -0.39 is 0 Å². The second-order valence-corrected chi connectivity index (χ2v) is 5.66. The number of rotatable bonds is 3. The molecule has 0 unspecified atom stereocenters. The Kier molecular flexibility index (Phi) is 4.60. The van der Waals surface area contributed by atoms with Gasteiger partial charge in [0, 0.05) is 35.5 Å². The molecule has 3 N–H and O–H groups in total. The number of halogens is 2. The van der Waals surface area contributed by atoms with E-state index >= 15 is 0 Å². The van der Waals surface area contributed by atoms with E-state index in [1.54, 1.807) is 50.5 Å². The molecule has 0 aliphatic heterocycles. The molecule has 0 bridgehead atoms. The number of nitrogens with two attached hydrogens (primary N) is 1. The van der Waals surface area contributed by atoms with Gasteiger partial charge in [-0.25, -0.2) is 0 Å². The highest BCUT2D eigenvalue weighted by atomic mass is 35.5. The third-order valence-corrected chi connectivity index (χ3v) is 3.26. The zero-order chi connectivity index (χ0) is 15.6. The summed E-state index contributed by atoms with van der Waals surface area (Å²) in [6, 6.07) is 10.2. The number of nitrogens with zero attached hydrogens (tertiary/aromatic N) is 1. The van der Waals surface area contributed by atoms with Crippen molar-refractivity contribution in [3.63, 3.8) is 0 Å². The fraction of sp³-hybridized carbons (Fsp3) is 0.133. The predicted octanol–water partition coefficient (Wildman–Crippen LogP) is 4.02. The van der Waals surface area contributed by atoms with Crippen LogP contribution in [0.15, 0.2) is 36.4 Å². The van der Waals surface area contributed by atoms with Crippen molar-refractivity contribution >= 4 is 46.2 Å². The fourth-order valence-corrected chi connectivity index (χ4v) is 2.40. The van der Waals surface area contributed by atoms with E-state index in [0.717, 1.165) is 0 Å². The van der Waals surface area contributed by atoms with E-state index in [1.807, 2.05) is 0 Å². The van der Waals surface area contributed by atoms with Crippen LogP contribution in [0.2, 0.25) is 10.0 Å². The summed E-state index contributed by atoms with van der Waals surface area (Å²) in [7, 11) is 3.39. The molecule has 0 saturated heterocycles. The maximum atomic E-state index is 12.2. The number of amides is 1. The van der Waals surface area contributed by atoms with Crippen molar-refractivity contribution < 1.29 is 4.79 Å². The van der Waals surface area contributed by atoms with Crippen molar-refractivity contribution in [3.8, 4) is 0 Å². The van der Waals surface area contributed by atoms with E-state index in [2.05, 4.69) is 5.32 Å². The van der Waals surface area contributed by atoms with Crippen LogP contribution in [0.3, 0.4) is 0 Å². The monoisotopic (exact) mass is 323 g/mol. The number of benzene rings is 2. The van der Waals surface area contributed by atoms with Gasteiger partial charge in [0.2, 0.25) is 0 Å². The Hall–Kier alpha value is -1.91. The first-order valence-electron chi connectivity index (χ1n) is 6.21. The maximum Gasteiger partial charge on any atom is 0.255 e. The van der Waals surface area contributed by atoms with Gasteiger partial charge >= 0.3 is 0 Å². The standard InChI is InChI=1S/C15H15Cl2N3O/c1-20(2)15(21)13-4-3-11(18)8-14(13)19-12-6-9(16)5-10(17)7-12/h3-8,19H,18H2,1-2H3. The van der Waals surface area contributed by atoms with E-state index in [-0.39, 0.29) is 5.91 Å². The Morgan fingerprint density at radius 2 is 1.71 bits per heavy atom. The first-order valence-corrected chi connectivity index (χ1v) is 6.96. The summed E-state index contributed by atoms with van der Waals surface area (Å²) in [5.41, 5.74) is 8.17. The smallest absolute Gasteiger partial charge is 0.255 e. The Bertz CT molecular complexity index is 666. The van der Waals surface area contributed by atoms with Gasteiger partial charge in [-0.15, -0.1) is 0 Å². The van der Waals surface area contributed by atoms with Crippen LogP contribution in [0, 0.1) is 0 Å². The number of hydrogen-bond acceptors (Lipinski definition) is 3. The highest BCUT2D eigenvalue weighted by molar-refractivity contribution is 6.35. The molecule has 0 aliphatic rings. The molecule has 0 heterocycles. The van der Waals surface area contributed by atoms with Gasteiger partial charge < -0.3 is 16.0 Å². The highest BCUT2D eigenvalue weighted by Crippen LogP contribution is 2.28.